The molecule has 0 amide bonds. The highest BCUT2D eigenvalue weighted by atomic mass is 35.5. The summed E-state index contributed by atoms with van der Waals surface area (Å²) < 4.78 is 0. The van der Waals surface area contributed by atoms with Crippen LogP contribution in [0.2, 0.25) is 5.28 Å². The molecule has 94 valence electrons. The number of aliphatic hydroxyl groups is 1. The van der Waals surface area contributed by atoms with Crippen LogP contribution in [0.25, 0.3) is 11.0 Å². The largest absolute Gasteiger partial charge is 0.394 e. The first-order valence-electron chi connectivity index (χ1n) is 5.95. The number of nitrogens with zero attached hydrogens (tertiary/aromatic N) is 4. The van der Waals surface area contributed by atoms with Gasteiger partial charge in [-0.1, -0.05) is 0 Å². The van der Waals surface area contributed by atoms with Crippen molar-refractivity contribution >= 4 is 28.5 Å². The van der Waals surface area contributed by atoms with Crippen LogP contribution in [0.3, 0.4) is 0 Å². The third kappa shape index (κ3) is 1.89. The van der Waals surface area contributed by atoms with E-state index in [-0.39, 0.29) is 17.9 Å². The third-order valence-electron chi connectivity index (χ3n) is 3.28. The highest BCUT2D eigenvalue weighted by Crippen LogP contribution is 2.29. The zero-order valence-electron chi connectivity index (χ0n) is 9.75. The number of hydrogen-bond donors (Lipinski definition) is 1. The van der Waals surface area contributed by atoms with Crippen molar-refractivity contribution in [1.29, 1.82) is 0 Å². The van der Waals surface area contributed by atoms with Gasteiger partial charge in [0.2, 0.25) is 5.28 Å². The van der Waals surface area contributed by atoms with Gasteiger partial charge in [0.25, 0.3) is 0 Å². The Balaban J connectivity index is 2.15. The Labute approximate surface area is 109 Å². The average molecular weight is 265 g/mol. The summed E-state index contributed by atoms with van der Waals surface area (Å²) in [4.78, 5) is 14.7. The molecule has 0 saturated carbocycles. The quantitative estimate of drug-likeness (QED) is 0.836. The minimum absolute atomic E-state index is 0.111. The third-order valence-corrected chi connectivity index (χ3v) is 3.45. The van der Waals surface area contributed by atoms with E-state index >= 15 is 0 Å². The molecule has 1 fully saturated rings. The molecule has 0 aliphatic carbocycles. The fraction of sp³-hybridized carbons (Fsp3) is 0.417. The van der Waals surface area contributed by atoms with Gasteiger partial charge in [0.1, 0.15) is 5.82 Å². The maximum Gasteiger partial charge on any atom is 0.226 e. The summed E-state index contributed by atoms with van der Waals surface area (Å²) in [7, 11) is 0. The molecule has 18 heavy (non-hydrogen) atoms. The van der Waals surface area contributed by atoms with Crippen LogP contribution < -0.4 is 4.90 Å². The first kappa shape index (κ1) is 11.6. The molecule has 0 radical (unpaired) electrons. The van der Waals surface area contributed by atoms with E-state index in [0.29, 0.717) is 5.65 Å². The Morgan fingerprint density at radius 2 is 2.33 bits per heavy atom. The van der Waals surface area contributed by atoms with Crippen LogP contribution in [-0.4, -0.2) is 39.3 Å². The summed E-state index contributed by atoms with van der Waals surface area (Å²) >= 11 is 5.94. The van der Waals surface area contributed by atoms with E-state index in [4.69, 9.17) is 11.6 Å². The zero-order chi connectivity index (χ0) is 12.5. The van der Waals surface area contributed by atoms with Crippen molar-refractivity contribution in [3.05, 3.63) is 23.6 Å². The Morgan fingerprint density at radius 1 is 1.44 bits per heavy atom. The molecule has 1 aliphatic rings. The summed E-state index contributed by atoms with van der Waals surface area (Å²) in [6, 6.07) is 3.90. The van der Waals surface area contributed by atoms with Crippen LogP contribution in [-0.2, 0) is 0 Å². The molecule has 1 N–H and O–H groups in total. The number of aliphatic hydroxyl groups excluding tert-OH is 1. The van der Waals surface area contributed by atoms with Gasteiger partial charge in [-0.15, -0.1) is 0 Å². The standard InChI is InChI=1S/C12H13ClN4O/c13-12-15-10-9(4-1-5-14-10)11(16-12)17-6-2-3-8(17)7-18/h1,4-5,8,18H,2-3,6-7H2. The fourth-order valence-electron chi connectivity index (χ4n) is 2.44. The second kappa shape index (κ2) is 4.66. The van der Waals surface area contributed by atoms with Gasteiger partial charge in [0.05, 0.1) is 18.0 Å². The van der Waals surface area contributed by atoms with Crippen molar-refractivity contribution in [3.8, 4) is 0 Å². The van der Waals surface area contributed by atoms with E-state index in [9.17, 15) is 5.11 Å². The molecule has 0 spiro atoms. The zero-order valence-corrected chi connectivity index (χ0v) is 10.5. The monoisotopic (exact) mass is 264 g/mol. The van der Waals surface area contributed by atoms with E-state index in [0.717, 1.165) is 30.6 Å². The van der Waals surface area contributed by atoms with Crippen LogP contribution in [0.4, 0.5) is 5.82 Å². The Morgan fingerprint density at radius 3 is 3.17 bits per heavy atom. The number of rotatable bonds is 2. The van der Waals surface area contributed by atoms with Crippen LogP contribution in [0, 0.1) is 0 Å². The first-order chi connectivity index (χ1) is 8.79. The molecule has 6 heteroatoms. The van der Waals surface area contributed by atoms with Gasteiger partial charge in [-0.2, -0.15) is 9.97 Å². The molecule has 2 aromatic rings. The molecule has 3 rings (SSSR count). The van der Waals surface area contributed by atoms with Crippen LogP contribution in [0.15, 0.2) is 18.3 Å². The summed E-state index contributed by atoms with van der Waals surface area (Å²) in [6.45, 7) is 1.01. The summed E-state index contributed by atoms with van der Waals surface area (Å²) in [5.41, 5.74) is 0.594. The number of fused-ring (bicyclic) bond motifs is 1. The normalized spacial score (nSPS) is 19.7. The highest BCUT2D eigenvalue weighted by molar-refractivity contribution is 6.28. The lowest BCUT2D eigenvalue weighted by atomic mass is 10.2. The molecule has 0 aromatic carbocycles. The second-order valence-electron chi connectivity index (χ2n) is 4.36. The minimum atomic E-state index is 0.111. The molecule has 1 atom stereocenters. The minimum Gasteiger partial charge on any atom is -0.394 e. The molecule has 1 saturated heterocycles. The molecule has 1 aliphatic heterocycles. The molecule has 3 heterocycles. The van der Waals surface area contributed by atoms with Crippen molar-refractivity contribution < 1.29 is 5.11 Å². The molecule has 1 unspecified atom stereocenters. The van der Waals surface area contributed by atoms with E-state index in [1.54, 1.807) is 6.20 Å². The number of anilines is 1. The number of halogens is 1. The van der Waals surface area contributed by atoms with Gasteiger partial charge in [-0.05, 0) is 36.6 Å². The lowest BCUT2D eigenvalue weighted by Gasteiger charge is -2.25. The van der Waals surface area contributed by atoms with E-state index in [2.05, 4.69) is 19.9 Å². The summed E-state index contributed by atoms with van der Waals surface area (Å²) in [5.74, 6) is 0.773. The lowest BCUT2D eigenvalue weighted by molar-refractivity contribution is 0.266. The van der Waals surface area contributed by atoms with Crippen molar-refractivity contribution in [2.24, 2.45) is 0 Å². The van der Waals surface area contributed by atoms with E-state index in [1.165, 1.54) is 0 Å². The van der Waals surface area contributed by atoms with E-state index in [1.807, 2.05) is 12.1 Å². The summed E-state index contributed by atoms with van der Waals surface area (Å²) in [5, 5.41) is 10.5. The van der Waals surface area contributed by atoms with Gasteiger partial charge in [0, 0.05) is 12.7 Å². The van der Waals surface area contributed by atoms with Gasteiger partial charge >= 0.3 is 0 Å². The van der Waals surface area contributed by atoms with Crippen molar-refractivity contribution in [2.75, 3.05) is 18.1 Å². The predicted octanol–water partition coefficient (Wildman–Crippen LogP) is 1.64. The maximum absolute atomic E-state index is 9.41. The SMILES string of the molecule is OCC1CCCN1c1nc(Cl)nc2ncccc12. The molecule has 0 bridgehead atoms. The molecular weight excluding hydrogens is 252 g/mol. The fourth-order valence-corrected chi connectivity index (χ4v) is 2.60. The van der Waals surface area contributed by atoms with Gasteiger partial charge in [-0.3, -0.25) is 0 Å². The first-order valence-corrected chi connectivity index (χ1v) is 6.33. The smallest absolute Gasteiger partial charge is 0.226 e. The molecule has 2 aromatic heterocycles. The topological polar surface area (TPSA) is 62.1 Å². The predicted molar refractivity (Wildman–Crippen MR) is 69.8 cm³/mol. The van der Waals surface area contributed by atoms with Crippen molar-refractivity contribution in [3.63, 3.8) is 0 Å². The van der Waals surface area contributed by atoms with Crippen molar-refractivity contribution in [1.82, 2.24) is 15.0 Å². The number of hydrogen-bond acceptors (Lipinski definition) is 5. The van der Waals surface area contributed by atoms with Crippen LogP contribution in [0.5, 0.6) is 0 Å². The Hall–Kier alpha value is -1.46. The average Bonchev–Trinajstić information content (AvgIpc) is 2.85. The highest BCUT2D eigenvalue weighted by Gasteiger charge is 2.27. The number of aromatic nitrogens is 3. The van der Waals surface area contributed by atoms with E-state index < -0.39 is 0 Å². The molecular formula is C12H13ClN4O. The second-order valence-corrected chi connectivity index (χ2v) is 4.70. The van der Waals surface area contributed by atoms with Crippen LogP contribution >= 0.6 is 11.6 Å². The summed E-state index contributed by atoms with van der Waals surface area (Å²) in [6.07, 6.45) is 3.71. The van der Waals surface area contributed by atoms with Crippen molar-refractivity contribution in [2.45, 2.75) is 18.9 Å². The van der Waals surface area contributed by atoms with Gasteiger partial charge in [-0.25, -0.2) is 4.98 Å². The van der Waals surface area contributed by atoms with Gasteiger partial charge in [0.15, 0.2) is 5.65 Å². The molecule has 5 nitrogen and oxygen atoms in total. The Kier molecular flexibility index (Phi) is 3.01. The Bertz CT molecular complexity index is 577. The van der Waals surface area contributed by atoms with Gasteiger partial charge < -0.3 is 10.0 Å². The maximum atomic E-state index is 9.41. The lowest BCUT2D eigenvalue weighted by Crippen LogP contribution is -2.33. The number of pyridine rings is 1. The van der Waals surface area contributed by atoms with Crippen LogP contribution in [0.1, 0.15) is 12.8 Å².